The van der Waals surface area contributed by atoms with E-state index in [0.29, 0.717) is 24.5 Å². The minimum atomic E-state index is -0.654. The zero-order chi connectivity index (χ0) is 17.1. The maximum Gasteiger partial charge on any atom is 0.190 e. The minimum Gasteiger partial charge on any atom is -0.507 e. The number of aromatic hydroxyl groups is 2. The van der Waals surface area contributed by atoms with Gasteiger partial charge in [0.1, 0.15) is 23.4 Å². The van der Waals surface area contributed by atoms with Crippen LogP contribution >= 0.6 is 0 Å². The Morgan fingerprint density at radius 2 is 1.79 bits per heavy atom. The third-order valence-corrected chi connectivity index (χ3v) is 4.09. The number of para-hydroxylation sites is 2. The predicted molar refractivity (Wildman–Crippen MR) is 91.5 cm³/mol. The number of amidine groups is 1. The van der Waals surface area contributed by atoms with Gasteiger partial charge in [0, 0.05) is 13.1 Å². The molecule has 1 aliphatic rings. The van der Waals surface area contributed by atoms with Crippen molar-refractivity contribution in [1.29, 1.82) is 0 Å². The summed E-state index contributed by atoms with van der Waals surface area (Å²) in [6.07, 6.45) is 0. The average molecular weight is 325 g/mol. The highest BCUT2D eigenvalue weighted by Crippen LogP contribution is 2.25. The largest absolute Gasteiger partial charge is 0.507 e. The summed E-state index contributed by atoms with van der Waals surface area (Å²) in [5, 5.41) is 20.0. The fourth-order valence-corrected chi connectivity index (χ4v) is 2.90. The lowest BCUT2D eigenvalue weighted by molar-refractivity contribution is 0.0897. The van der Waals surface area contributed by atoms with Gasteiger partial charge < -0.3 is 20.8 Å². The number of nitrogens with two attached hydrogens (primary N) is 1. The second-order valence-corrected chi connectivity index (χ2v) is 5.55. The van der Waals surface area contributed by atoms with E-state index in [1.807, 2.05) is 0 Å². The van der Waals surface area contributed by atoms with Crippen LogP contribution in [0.25, 0.3) is 0 Å². The van der Waals surface area contributed by atoms with Crippen LogP contribution in [0.2, 0.25) is 0 Å². The summed E-state index contributed by atoms with van der Waals surface area (Å²) in [4.78, 5) is 19.1. The molecular weight excluding hydrogens is 306 g/mol. The van der Waals surface area contributed by atoms with Gasteiger partial charge in [-0.15, -0.1) is 0 Å². The SMILES string of the molecule is NCC(C(=O)c1ccccc1O)N1CCN=C1c1ccccc1O. The first-order chi connectivity index (χ1) is 11.6. The second-order valence-electron chi connectivity index (χ2n) is 5.55. The first kappa shape index (κ1) is 16.0. The third kappa shape index (κ3) is 2.83. The molecule has 1 atom stereocenters. The number of rotatable bonds is 5. The van der Waals surface area contributed by atoms with Crippen molar-refractivity contribution in [3.63, 3.8) is 0 Å². The molecule has 6 heteroatoms. The molecule has 1 heterocycles. The first-order valence-corrected chi connectivity index (χ1v) is 7.75. The molecule has 1 aliphatic heterocycles. The van der Waals surface area contributed by atoms with E-state index in [9.17, 15) is 15.0 Å². The molecule has 3 rings (SSSR count). The molecule has 0 saturated carbocycles. The van der Waals surface area contributed by atoms with Gasteiger partial charge in [-0.3, -0.25) is 9.79 Å². The summed E-state index contributed by atoms with van der Waals surface area (Å²) >= 11 is 0. The predicted octanol–water partition coefficient (Wildman–Crippen LogP) is 1.37. The molecular formula is C18H19N3O3. The van der Waals surface area contributed by atoms with Gasteiger partial charge in [0.15, 0.2) is 5.78 Å². The Labute approximate surface area is 139 Å². The number of phenolic OH excluding ortho intramolecular Hbond substituents is 2. The number of carbonyl (C=O) groups is 1. The lowest BCUT2D eigenvalue weighted by Gasteiger charge is -2.29. The molecule has 0 bridgehead atoms. The third-order valence-electron chi connectivity index (χ3n) is 4.09. The normalized spacial score (nSPS) is 15.2. The molecule has 24 heavy (non-hydrogen) atoms. The fourth-order valence-electron chi connectivity index (χ4n) is 2.90. The number of aliphatic imine (C=N–C) groups is 1. The van der Waals surface area contributed by atoms with Gasteiger partial charge in [-0.2, -0.15) is 0 Å². The number of ketones is 1. The Hall–Kier alpha value is -2.86. The van der Waals surface area contributed by atoms with Crippen molar-refractivity contribution in [3.8, 4) is 11.5 Å². The number of benzene rings is 2. The number of hydrogen-bond acceptors (Lipinski definition) is 6. The number of carbonyl (C=O) groups excluding carboxylic acids is 1. The van der Waals surface area contributed by atoms with Crippen molar-refractivity contribution in [2.75, 3.05) is 19.6 Å². The van der Waals surface area contributed by atoms with Gasteiger partial charge in [-0.25, -0.2) is 0 Å². The van der Waals surface area contributed by atoms with E-state index in [-0.39, 0.29) is 29.4 Å². The van der Waals surface area contributed by atoms with E-state index in [4.69, 9.17) is 5.73 Å². The van der Waals surface area contributed by atoms with Gasteiger partial charge in [0.25, 0.3) is 0 Å². The highest BCUT2D eigenvalue weighted by Gasteiger charge is 2.32. The maximum atomic E-state index is 12.8. The van der Waals surface area contributed by atoms with Gasteiger partial charge in [-0.05, 0) is 24.3 Å². The zero-order valence-corrected chi connectivity index (χ0v) is 13.1. The van der Waals surface area contributed by atoms with E-state index in [0.717, 1.165) is 0 Å². The highest BCUT2D eigenvalue weighted by atomic mass is 16.3. The molecule has 2 aromatic rings. The van der Waals surface area contributed by atoms with E-state index in [1.165, 1.54) is 6.07 Å². The van der Waals surface area contributed by atoms with Crippen LogP contribution in [0.15, 0.2) is 53.5 Å². The van der Waals surface area contributed by atoms with Crippen LogP contribution in [0.5, 0.6) is 11.5 Å². The summed E-state index contributed by atoms with van der Waals surface area (Å²) in [7, 11) is 0. The maximum absolute atomic E-state index is 12.8. The molecule has 0 aliphatic carbocycles. The molecule has 4 N–H and O–H groups in total. The molecule has 124 valence electrons. The smallest absolute Gasteiger partial charge is 0.190 e. The quantitative estimate of drug-likeness (QED) is 0.721. The second kappa shape index (κ2) is 6.72. The zero-order valence-electron chi connectivity index (χ0n) is 13.1. The lowest BCUT2D eigenvalue weighted by atomic mass is 10.0. The number of phenols is 2. The molecule has 0 aromatic heterocycles. The first-order valence-electron chi connectivity index (χ1n) is 7.75. The Balaban J connectivity index is 1.94. The molecule has 0 amide bonds. The minimum absolute atomic E-state index is 0.0683. The number of nitrogens with zero attached hydrogens (tertiary/aromatic N) is 2. The van der Waals surface area contributed by atoms with Crippen molar-refractivity contribution in [3.05, 3.63) is 59.7 Å². The van der Waals surface area contributed by atoms with Crippen LogP contribution in [0.4, 0.5) is 0 Å². The summed E-state index contributed by atoms with van der Waals surface area (Å²) in [5.74, 6) is 0.322. The molecule has 0 radical (unpaired) electrons. The van der Waals surface area contributed by atoms with Crippen molar-refractivity contribution < 1.29 is 15.0 Å². The Kier molecular flexibility index (Phi) is 4.48. The molecule has 0 spiro atoms. The van der Waals surface area contributed by atoms with Crippen LogP contribution in [-0.4, -0.2) is 52.4 Å². The van der Waals surface area contributed by atoms with Crippen molar-refractivity contribution in [2.24, 2.45) is 10.7 Å². The molecule has 0 fully saturated rings. The van der Waals surface area contributed by atoms with Crippen LogP contribution in [0.1, 0.15) is 15.9 Å². The molecule has 2 aromatic carbocycles. The Morgan fingerprint density at radius 1 is 1.12 bits per heavy atom. The average Bonchev–Trinajstić information content (AvgIpc) is 3.05. The summed E-state index contributed by atoms with van der Waals surface area (Å²) in [6.45, 7) is 1.14. The standard InChI is InChI=1S/C18H19N3O3/c19-11-14(17(24)12-5-1-3-7-15(12)22)21-10-9-20-18(21)13-6-2-4-8-16(13)23/h1-8,14,22-23H,9-11,19H2. The summed E-state index contributed by atoms with van der Waals surface area (Å²) in [6, 6.07) is 12.6. The van der Waals surface area contributed by atoms with Gasteiger partial charge in [-0.1, -0.05) is 24.3 Å². The van der Waals surface area contributed by atoms with Crippen molar-refractivity contribution in [1.82, 2.24) is 4.90 Å². The highest BCUT2D eigenvalue weighted by molar-refractivity contribution is 6.08. The fraction of sp³-hybridized carbons (Fsp3) is 0.222. The number of hydrogen-bond donors (Lipinski definition) is 3. The molecule has 0 saturated heterocycles. The van der Waals surface area contributed by atoms with Gasteiger partial charge in [0.2, 0.25) is 0 Å². The van der Waals surface area contributed by atoms with Crippen LogP contribution in [-0.2, 0) is 0 Å². The lowest BCUT2D eigenvalue weighted by Crippen LogP contribution is -2.48. The summed E-state index contributed by atoms with van der Waals surface area (Å²) < 4.78 is 0. The van der Waals surface area contributed by atoms with Crippen LogP contribution < -0.4 is 5.73 Å². The van der Waals surface area contributed by atoms with Crippen LogP contribution in [0.3, 0.4) is 0 Å². The van der Waals surface area contributed by atoms with Crippen LogP contribution in [0, 0.1) is 0 Å². The van der Waals surface area contributed by atoms with E-state index in [1.54, 1.807) is 47.4 Å². The monoisotopic (exact) mass is 325 g/mol. The summed E-state index contributed by atoms with van der Waals surface area (Å²) in [5.41, 5.74) is 6.66. The van der Waals surface area contributed by atoms with Crippen molar-refractivity contribution in [2.45, 2.75) is 6.04 Å². The Morgan fingerprint density at radius 3 is 2.46 bits per heavy atom. The topological polar surface area (TPSA) is 99.2 Å². The molecule has 1 unspecified atom stereocenters. The van der Waals surface area contributed by atoms with Crippen molar-refractivity contribution >= 4 is 11.6 Å². The van der Waals surface area contributed by atoms with E-state index >= 15 is 0 Å². The Bertz CT molecular complexity index is 789. The van der Waals surface area contributed by atoms with E-state index < -0.39 is 6.04 Å². The number of Topliss-reactive ketones (excluding diaryl/α,β-unsaturated/α-hetero) is 1. The molecule has 6 nitrogen and oxygen atoms in total. The van der Waals surface area contributed by atoms with Gasteiger partial charge >= 0.3 is 0 Å². The van der Waals surface area contributed by atoms with Gasteiger partial charge in [0.05, 0.1) is 17.7 Å². The van der Waals surface area contributed by atoms with E-state index in [2.05, 4.69) is 4.99 Å².